The molecule has 2 aliphatic heterocycles. The van der Waals surface area contributed by atoms with Crippen molar-refractivity contribution in [2.45, 2.75) is 19.5 Å². The van der Waals surface area contributed by atoms with Crippen molar-refractivity contribution in [3.63, 3.8) is 0 Å². The van der Waals surface area contributed by atoms with Crippen LogP contribution in [0.1, 0.15) is 24.4 Å². The Morgan fingerprint density at radius 2 is 2.07 bits per heavy atom. The number of aromatic amines is 1. The number of likely N-dealkylation sites (N-methyl/N-ethyl adjacent to an activating group) is 1. The van der Waals surface area contributed by atoms with Crippen LogP contribution in [0.15, 0.2) is 41.9 Å². The van der Waals surface area contributed by atoms with Crippen molar-refractivity contribution in [2.75, 3.05) is 20.3 Å². The molecule has 1 unspecified atom stereocenters. The average Bonchev–Trinajstić information content (AvgIpc) is 3.19. The molecule has 0 spiro atoms. The molecule has 0 aliphatic carbocycles. The first kappa shape index (κ1) is 17.9. The highest BCUT2D eigenvalue weighted by molar-refractivity contribution is 5.98. The molecule has 1 aromatic carbocycles. The number of ether oxygens (including phenoxy) is 2. The quantitative estimate of drug-likeness (QED) is 0.741. The minimum atomic E-state index is -0.601. The summed E-state index contributed by atoms with van der Waals surface area (Å²) in [5, 5.41) is 5.53. The lowest BCUT2D eigenvalue weighted by molar-refractivity contribution is -0.127. The van der Waals surface area contributed by atoms with E-state index in [4.69, 9.17) is 9.47 Å². The van der Waals surface area contributed by atoms with Gasteiger partial charge in [0.2, 0.25) is 0 Å². The largest absolute Gasteiger partial charge is 0.486 e. The molecule has 1 atom stereocenters. The molecule has 1 aromatic heterocycles. The van der Waals surface area contributed by atoms with Gasteiger partial charge in [-0.05, 0) is 24.6 Å². The summed E-state index contributed by atoms with van der Waals surface area (Å²) in [6.07, 6.45) is 3.34. The molecule has 146 valence electrons. The topological polar surface area (TPSA) is 109 Å². The van der Waals surface area contributed by atoms with E-state index in [-0.39, 0.29) is 11.9 Å². The number of hydrogen-bond acceptors (Lipinski definition) is 5. The lowest BCUT2D eigenvalue weighted by Crippen LogP contribution is -2.47. The minimum absolute atomic E-state index is 0.207. The first-order valence-corrected chi connectivity index (χ1v) is 8.94. The fourth-order valence-electron chi connectivity index (χ4n) is 3.35. The fourth-order valence-corrected chi connectivity index (χ4v) is 3.35. The first-order chi connectivity index (χ1) is 13.5. The molecule has 28 heavy (non-hydrogen) atoms. The van der Waals surface area contributed by atoms with Gasteiger partial charge in [-0.15, -0.1) is 0 Å². The van der Waals surface area contributed by atoms with Crippen LogP contribution in [-0.4, -0.2) is 47.1 Å². The minimum Gasteiger partial charge on any atom is -0.486 e. The number of H-pyrrole nitrogens is 1. The van der Waals surface area contributed by atoms with E-state index in [9.17, 15) is 9.59 Å². The predicted octanol–water partition coefficient (Wildman–Crippen LogP) is 1.47. The lowest BCUT2D eigenvalue weighted by Gasteiger charge is -2.31. The summed E-state index contributed by atoms with van der Waals surface area (Å²) in [4.78, 5) is 34.0. The molecule has 0 saturated heterocycles. The number of nitrogens with one attached hydrogen (secondary N) is 3. The van der Waals surface area contributed by atoms with Crippen LogP contribution in [0.25, 0.3) is 0 Å². The van der Waals surface area contributed by atoms with Gasteiger partial charge >= 0.3 is 6.03 Å². The van der Waals surface area contributed by atoms with Crippen LogP contribution in [-0.2, 0) is 11.3 Å². The van der Waals surface area contributed by atoms with Crippen LogP contribution in [0.5, 0.6) is 11.5 Å². The Hall–Kier alpha value is -3.49. The third kappa shape index (κ3) is 3.38. The van der Waals surface area contributed by atoms with Crippen LogP contribution in [0.3, 0.4) is 0 Å². The molecule has 0 fully saturated rings. The van der Waals surface area contributed by atoms with Gasteiger partial charge in [0.15, 0.2) is 11.5 Å². The van der Waals surface area contributed by atoms with Crippen LogP contribution in [0.2, 0.25) is 0 Å². The number of nitrogens with zero attached hydrogens (tertiary/aromatic N) is 2. The zero-order valence-electron chi connectivity index (χ0n) is 15.6. The van der Waals surface area contributed by atoms with E-state index in [0.717, 1.165) is 5.56 Å². The predicted molar refractivity (Wildman–Crippen MR) is 99.6 cm³/mol. The number of amides is 3. The van der Waals surface area contributed by atoms with Crippen molar-refractivity contribution < 1.29 is 19.1 Å². The van der Waals surface area contributed by atoms with E-state index in [1.807, 2.05) is 6.07 Å². The number of rotatable bonds is 4. The molecule has 2 aliphatic rings. The van der Waals surface area contributed by atoms with E-state index in [0.29, 0.717) is 48.4 Å². The average molecular weight is 383 g/mol. The summed E-state index contributed by atoms with van der Waals surface area (Å²) in [5.41, 5.74) is 1.72. The number of aromatic nitrogens is 2. The molecule has 0 radical (unpaired) electrons. The maximum Gasteiger partial charge on any atom is 0.319 e. The molecule has 0 saturated carbocycles. The highest BCUT2D eigenvalue weighted by Crippen LogP contribution is 2.36. The molecule has 4 rings (SSSR count). The number of carbonyl (C=O) groups excluding carboxylic acids is 2. The Labute approximate surface area is 161 Å². The zero-order valence-corrected chi connectivity index (χ0v) is 15.6. The van der Waals surface area contributed by atoms with Crippen molar-refractivity contribution in [1.29, 1.82) is 0 Å². The Morgan fingerprint density at radius 3 is 2.82 bits per heavy atom. The van der Waals surface area contributed by atoms with Crippen LogP contribution in [0.4, 0.5) is 4.79 Å². The van der Waals surface area contributed by atoms with Gasteiger partial charge in [0.25, 0.3) is 5.91 Å². The molecule has 3 amide bonds. The smallest absolute Gasteiger partial charge is 0.319 e. The van der Waals surface area contributed by atoms with Crippen molar-refractivity contribution in [1.82, 2.24) is 25.5 Å². The molecule has 2 aromatic rings. The van der Waals surface area contributed by atoms with Crippen molar-refractivity contribution in [2.24, 2.45) is 0 Å². The van der Waals surface area contributed by atoms with E-state index in [1.165, 1.54) is 0 Å². The van der Waals surface area contributed by atoms with E-state index >= 15 is 0 Å². The number of carbonyl (C=O) groups is 2. The van der Waals surface area contributed by atoms with Gasteiger partial charge in [-0.3, -0.25) is 4.79 Å². The molecule has 9 nitrogen and oxygen atoms in total. The summed E-state index contributed by atoms with van der Waals surface area (Å²) in [6, 6.07) is 4.47. The summed E-state index contributed by atoms with van der Waals surface area (Å²) in [7, 11) is 1.70. The molecular formula is C19H21N5O4. The van der Waals surface area contributed by atoms with Gasteiger partial charge in [0.05, 0.1) is 18.2 Å². The van der Waals surface area contributed by atoms with Gasteiger partial charge in [-0.25, -0.2) is 9.78 Å². The number of imidazole rings is 1. The van der Waals surface area contributed by atoms with Gasteiger partial charge in [0.1, 0.15) is 19.0 Å². The monoisotopic (exact) mass is 383 g/mol. The van der Waals surface area contributed by atoms with Gasteiger partial charge in [-0.2, -0.15) is 0 Å². The highest BCUT2D eigenvalue weighted by Gasteiger charge is 2.33. The summed E-state index contributed by atoms with van der Waals surface area (Å²) in [6.45, 7) is 3.00. The second-order valence-corrected chi connectivity index (χ2v) is 6.67. The third-order valence-electron chi connectivity index (χ3n) is 4.69. The summed E-state index contributed by atoms with van der Waals surface area (Å²) >= 11 is 0. The van der Waals surface area contributed by atoms with E-state index in [2.05, 4.69) is 20.6 Å². The number of urea groups is 1. The van der Waals surface area contributed by atoms with Gasteiger partial charge < -0.3 is 30.0 Å². The second-order valence-electron chi connectivity index (χ2n) is 6.67. The van der Waals surface area contributed by atoms with Crippen LogP contribution >= 0.6 is 0 Å². The number of allylic oxidation sites excluding steroid dienone is 1. The SMILES string of the molecule is CC1=C(C(=O)N(C)Cc2ncc[nH]2)C(c2ccc3c(c2)OCCO3)NC(=O)N1. The number of benzene rings is 1. The molecule has 0 bridgehead atoms. The Bertz CT molecular complexity index is 938. The summed E-state index contributed by atoms with van der Waals surface area (Å²) in [5.74, 6) is 1.72. The second kappa shape index (κ2) is 7.26. The Morgan fingerprint density at radius 1 is 1.29 bits per heavy atom. The maximum absolute atomic E-state index is 13.2. The number of fused-ring (bicyclic) bond motifs is 1. The Balaban J connectivity index is 1.65. The molecule has 9 heteroatoms. The van der Waals surface area contributed by atoms with Crippen molar-refractivity contribution in [3.05, 3.63) is 53.3 Å². The van der Waals surface area contributed by atoms with Crippen LogP contribution < -0.4 is 20.1 Å². The highest BCUT2D eigenvalue weighted by atomic mass is 16.6. The van der Waals surface area contributed by atoms with Crippen molar-refractivity contribution >= 4 is 11.9 Å². The fraction of sp³-hybridized carbons (Fsp3) is 0.316. The third-order valence-corrected chi connectivity index (χ3v) is 4.69. The van der Waals surface area contributed by atoms with Crippen LogP contribution in [0, 0.1) is 0 Å². The van der Waals surface area contributed by atoms with Gasteiger partial charge in [-0.1, -0.05) is 6.07 Å². The Kier molecular flexibility index (Phi) is 4.64. The molecule has 3 heterocycles. The van der Waals surface area contributed by atoms with Crippen molar-refractivity contribution in [3.8, 4) is 11.5 Å². The molecule has 3 N–H and O–H groups in total. The first-order valence-electron chi connectivity index (χ1n) is 8.94. The van der Waals surface area contributed by atoms with E-state index < -0.39 is 6.04 Å². The lowest BCUT2D eigenvalue weighted by atomic mass is 9.94. The van der Waals surface area contributed by atoms with E-state index in [1.54, 1.807) is 43.4 Å². The molecular weight excluding hydrogens is 362 g/mol. The standard InChI is InChI=1S/C19H21N5O4/c1-11-16(18(25)24(2)10-15-20-5-6-21-15)17(23-19(26)22-11)12-3-4-13-14(9-12)28-8-7-27-13/h3-6,9,17H,7-8,10H2,1-2H3,(H,20,21)(H2,22,23,26). The normalized spacial score (nSPS) is 18.4. The number of hydrogen-bond donors (Lipinski definition) is 3. The summed E-state index contributed by atoms with van der Waals surface area (Å²) < 4.78 is 11.2. The zero-order chi connectivity index (χ0) is 19.7. The van der Waals surface area contributed by atoms with Gasteiger partial charge in [0, 0.05) is 25.1 Å². The maximum atomic E-state index is 13.2.